The Kier molecular flexibility index (Phi) is 9.07. The molecule has 0 aromatic rings. The van der Waals surface area contributed by atoms with Crippen LogP contribution in [0.2, 0.25) is 0 Å². The van der Waals surface area contributed by atoms with E-state index in [1.165, 1.54) is 25.7 Å². The molecule has 0 aliphatic heterocycles. The van der Waals surface area contributed by atoms with E-state index in [0.29, 0.717) is 6.04 Å². The smallest absolute Gasteiger partial charge is 0.191 e. The van der Waals surface area contributed by atoms with Crippen LogP contribution in [0.25, 0.3) is 0 Å². The fourth-order valence-electron chi connectivity index (χ4n) is 1.53. The van der Waals surface area contributed by atoms with Crippen LogP contribution in [-0.2, 0) is 0 Å². The average Bonchev–Trinajstić information content (AvgIpc) is 3.06. The molecule has 0 amide bonds. The van der Waals surface area contributed by atoms with Gasteiger partial charge in [0.15, 0.2) is 5.96 Å². The lowest BCUT2D eigenvalue weighted by atomic mass is 10.2. The second-order valence-corrected chi connectivity index (χ2v) is 4.54. The van der Waals surface area contributed by atoms with Crippen molar-refractivity contribution in [3.63, 3.8) is 0 Å². The molecule has 96 valence electrons. The Balaban J connectivity index is 0.00000225. The van der Waals surface area contributed by atoms with Crippen molar-refractivity contribution in [1.29, 1.82) is 0 Å². The van der Waals surface area contributed by atoms with Crippen LogP contribution < -0.4 is 10.6 Å². The Bertz CT molecular complexity index is 202. The summed E-state index contributed by atoms with van der Waals surface area (Å²) in [7, 11) is 1.83. The third-order valence-corrected chi connectivity index (χ3v) is 3.00. The predicted molar refractivity (Wildman–Crippen MR) is 81.6 cm³/mol. The van der Waals surface area contributed by atoms with E-state index in [2.05, 4.69) is 29.5 Å². The van der Waals surface area contributed by atoms with Crippen LogP contribution in [0.5, 0.6) is 0 Å². The highest BCUT2D eigenvalue weighted by Crippen LogP contribution is 2.33. The molecule has 3 nitrogen and oxygen atoms in total. The van der Waals surface area contributed by atoms with Crippen molar-refractivity contribution in [2.45, 2.75) is 52.0 Å². The fourth-order valence-corrected chi connectivity index (χ4v) is 1.53. The number of guanidine groups is 1. The molecule has 1 unspecified atom stereocenters. The number of hydrogen-bond acceptors (Lipinski definition) is 1. The van der Waals surface area contributed by atoms with E-state index in [1.807, 2.05) is 7.05 Å². The second kappa shape index (κ2) is 9.07. The Hall–Kier alpha value is 0. The lowest BCUT2D eigenvalue weighted by Gasteiger charge is -2.16. The van der Waals surface area contributed by atoms with Crippen LogP contribution in [0.3, 0.4) is 0 Å². The Morgan fingerprint density at radius 1 is 1.44 bits per heavy atom. The van der Waals surface area contributed by atoms with Crippen molar-refractivity contribution in [1.82, 2.24) is 10.6 Å². The normalized spacial score (nSPS) is 17.6. The van der Waals surface area contributed by atoms with Gasteiger partial charge >= 0.3 is 0 Å². The van der Waals surface area contributed by atoms with Gasteiger partial charge in [0, 0.05) is 19.6 Å². The number of rotatable bonds is 6. The van der Waals surface area contributed by atoms with Crippen LogP contribution in [0.4, 0.5) is 0 Å². The summed E-state index contributed by atoms with van der Waals surface area (Å²) < 4.78 is 0. The van der Waals surface area contributed by atoms with Gasteiger partial charge in [0.05, 0.1) is 0 Å². The van der Waals surface area contributed by atoms with Gasteiger partial charge in [-0.3, -0.25) is 4.99 Å². The first kappa shape index (κ1) is 16.0. The summed E-state index contributed by atoms with van der Waals surface area (Å²) in [5.74, 6) is 1.98. The summed E-state index contributed by atoms with van der Waals surface area (Å²) in [4.78, 5) is 4.20. The van der Waals surface area contributed by atoms with Crippen molar-refractivity contribution in [2.24, 2.45) is 10.9 Å². The van der Waals surface area contributed by atoms with E-state index in [4.69, 9.17) is 0 Å². The maximum absolute atomic E-state index is 4.20. The van der Waals surface area contributed by atoms with Crippen molar-refractivity contribution < 1.29 is 0 Å². The number of aliphatic imine (C=N–C) groups is 1. The van der Waals surface area contributed by atoms with E-state index in [9.17, 15) is 0 Å². The Morgan fingerprint density at radius 3 is 2.62 bits per heavy atom. The molecule has 0 aromatic heterocycles. The molecule has 1 aliphatic rings. The molecule has 0 heterocycles. The van der Waals surface area contributed by atoms with Gasteiger partial charge in [-0.2, -0.15) is 0 Å². The van der Waals surface area contributed by atoms with Crippen molar-refractivity contribution in [3.05, 3.63) is 0 Å². The summed E-state index contributed by atoms with van der Waals surface area (Å²) in [6.07, 6.45) is 6.70. The summed E-state index contributed by atoms with van der Waals surface area (Å²) in [6, 6.07) is 0.500. The molecule has 1 rings (SSSR count). The molecule has 0 radical (unpaired) electrons. The molecular weight excluding hydrogens is 313 g/mol. The molecule has 2 N–H and O–H groups in total. The van der Waals surface area contributed by atoms with E-state index in [-0.39, 0.29) is 24.0 Å². The van der Waals surface area contributed by atoms with Crippen molar-refractivity contribution >= 4 is 29.9 Å². The summed E-state index contributed by atoms with van der Waals surface area (Å²) in [5.41, 5.74) is 0. The third kappa shape index (κ3) is 7.30. The molecular formula is C12H26IN3. The van der Waals surface area contributed by atoms with Crippen LogP contribution in [-0.4, -0.2) is 25.6 Å². The standard InChI is InChI=1S/C12H25N3.HI/c1-4-10(2)15-12(13-3)14-9-5-6-11-7-8-11;/h10-11H,4-9H2,1-3H3,(H2,13,14,15);1H. The monoisotopic (exact) mass is 339 g/mol. The van der Waals surface area contributed by atoms with Crippen molar-refractivity contribution in [3.8, 4) is 0 Å². The summed E-state index contributed by atoms with van der Waals surface area (Å²) >= 11 is 0. The molecule has 0 spiro atoms. The van der Waals surface area contributed by atoms with E-state index in [1.54, 1.807) is 0 Å². The van der Waals surface area contributed by atoms with Gasteiger partial charge in [-0.1, -0.05) is 19.8 Å². The highest BCUT2D eigenvalue weighted by molar-refractivity contribution is 14.0. The van der Waals surface area contributed by atoms with Gasteiger partial charge in [0.25, 0.3) is 0 Å². The minimum absolute atomic E-state index is 0. The van der Waals surface area contributed by atoms with Crippen molar-refractivity contribution in [2.75, 3.05) is 13.6 Å². The zero-order valence-corrected chi connectivity index (χ0v) is 13.1. The Morgan fingerprint density at radius 2 is 2.12 bits per heavy atom. The zero-order valence-electron chi connectivity index (χ0n) is 10.8. The summed E-state index contributed by atoms with van der Waals surface area (Å²) in [6.45, 7) is 5.40. The fraction of sp³-hybridized carbons (Fsp3) is 0.917. The molecule has 4 heteroatoms. The quantitative estimate of drug-likeness (QED) is 0.338. The highest BCUT2D eigenvalue weighted by Gasteiger charge is 2.19. The predicted octanol–water partition coefficient (Wildman–Crippen LogP) is 2.76. The van der Waals surface area contributed by atoms with Gasteiger partial charge in [0.1, 0.15) is 0 Å². The topological polar surface area (TPSA) is 36.4 Å². The van der Waals surface area contributed by atoms with Crippen LogP contribution in [0.1, 0.15) is 46.0 Å². The molecule has 1 saturated carbocycles. The third-order valence-electron chi connectivity index (χ3n) is 3.00. The minimum atomic E-state index is 0. The molecule has 1 fully saturated rings. The molecule has 1 aliphatic carbocycles. The number of hydrogen-bond donors (Lipinski definition) is 2. The first-order chi connectivity index (χ1) is 7.26. The van der Waals surface area contributed by atoms with E-state index < -0.39 is 0 Å². The lowest BCUT2D eigenvalue weighted by molar-refractivity contribution is 0.607. The largest absolute Gasteiger partial charge is 0.356 e. The average molecular weight is 339 g/mol. The molecule has 16 heavy (non-hydrogen) atoms. The van der Waals surface area contributed by atoms with E-state index >= 15 is 0 Å². The molecule has 0 bridgehead atoms. The Labute approximate surface area is 117 Å². The van der Waals surface area contributed by atoms with Gasteiger partial charge in [-0.15, -0.1) is 24.0 Å². The lowest BCUT2D eigenvalue weighted by Crippen LogP contribution is -2.42. The number of nitrogens with one attached hydrogen (secondary N) is 2. The SMILES string of the molecule is CCC(C)NC(=NC)NCCCC1CC1.I. The maximum atomic E-state index is 4.20. The van der Waals surface area contributed by atoms with Gasteiger partial charge in [-0.25, -0.2) is 0 Å². The number of halogens is 1. The minimum Gasteiger partial charge on any atom is -0.356 e. The van der Waals surface area contributed by atoms with Crippen LogP contribution in [0.15, 0.2) is 4.99 Å². The summed E-state index contributed by atoms with van der Waals surface area (Å²) in [5, 5.41) is 6.72. The van der Waals surface area contributed by atoms with Gasteiger partial charge < -0.3 is 10.6 Å². The van der Waals surface area contributed by atoms with Crippen LogP contribution >= 0.6 is 24.0 Å². The van der Waals surface area contributed by atoms with E-state index in [0.717, 1.165) is 24.8 Å². The number of nitrogens with zero attached hydrogens (tertiary/aromatic N) is 1. The van der Waals surface area contributed by atoms with Gasteiger partial charge in [-0.05, 0) is 32.1 Å². The molecule has 1 atom stereocenters. The second-order valence-electron chi connectivity index (χ2n) is 4.54. The highest BCUT2D eigenvalue weighted by atomic mass is 127. The van der Waals surface area contributed by atoms with Gasteiger partial charge in [0.2, 0.25) is 0 Å². The first-order valence-corrected chi connectivity index (χ1v) is 6.23. The van der Waals surface area contributed by atoms with Crippen LogP contribution in [0, 0.1) is 5.92 Å². The zero-order chi connectivity index (χ0) is 11.1. The maximum Gasteiger partial charge on any atom is 0.191 e. The molecule has 0 saturated heterocycles. The first-order valence-electron chi connectivity index (χ1n) is 6.23. The molecule has 0 aromatic carbocycles.